The van der Waals surface area contributed by atoms with Gasteiger partial charge in [0.25, 0.3) is 0 Å². The van der Waals surface area contributed by atoms with Gasteiger partial charge in [0.2, 0.25) is 0 Å². The Morgan fingerprint density at radius 2 is 2.16 bits per heavy atom. The second-order valence-electron chi connectivity index (χ2n) is 4.26. The number of benzene rings is 1. The van der Waals surface area contributed by atoms with E-state index in [4.69, 9.17) is 15.6 Å². The highest BCUT2D eigenvalue weighted by atomic mass is 16.5. The fraction of sp³-hybridized carbons (Fsp3) is 0.357. The number of nitrogens with two attached hydrogens (primary N) is 1. The topological polar surface area (TPSA) is 73.3 Å². The van der Waals surface area contributed by atoms with Gasteiger partial charge in [-0.1, -0.05) is 25.1 Å². The lowest BCUT2D eigenvalue weighted by atomic mass is 10.1. The first-order chi connectivity index (χ1) is 9.24. The molecule has 0 bridgehead atoms. The highest BCUT2D eigenvalue weighted by Gasteiger charge is 2.06. The van der Waals surface area contributed by atoms with E-state index in [-0.39, 0.29) is 6.61 Å². The summed E-state index contributed by atoms with van der Waals surface area (Å²) in [7, 11) is 0. The van der Waals surface area contributed by atoms with Crippen molar-refractivity contribution in [2.24, 2.45) is 0 Å². The zero-order valence-electron chi connectivity index (χ0n) is 11.0. The van der Waals surface area contributed by atoms with Crippen molar-refractivity contribution in [1.29, 1.82) is 0 Å². The molecule has 1 aromatic carbocycles. The van der Waals surface area contributed by atoms with E-state index in [1.165, 1.54) is 5.56 Å². The van der Waals surface area contributed by atoms with Crippen LogP contribution in [0.2, 0.25) is 0 Å². The molecular weight excluding hydrogens is 242 g/mol. The normalized spacial score (nSPS) is 10.6. The number of aromatic nitrogens is 2. The fourth-order valence-corrected chi connectivity index (χ4v) is 1.92. The molecule has 0 atom stereocenters. The molecule has 0 amide bonds. The van der Waals surface area contributed by atoms with Crippen LogP contribution in [0.5, 0.6) is 5.75 Å². The van der Waals surface area contributed by atoms with Gasteiger partial charge in [0.1, 0.15) is 23.9 Å². The van der Waals surface area contributed by atoms with Crippen molar-refractivity contribution in [2.75, 3.05) is 12.3 Å². The van der Waals surface area contributed by atoms with E-state index < -0.39 is 0 Å². The van der Waals surface area contributed by atoms with Gasteiger partial charge in [-0.15, -0.1) is 0 Å². The Kier molecular flexibility index (Phi) is 4.41. The monoisotopic (exact) mass is 261 g/mol. The summed E-state index contributed by atoms with van der Waals surface area (Å²) in [5.74, 6) is 1.41. The maximum atomic E-state index is 8.88. The van der Waals surface area contributed by atoms with E-state index in [1.807, 2.05) is 24.3 Å². The number of aryl methyl sites for hydroxylation is 1. The summed E-state index contributed by atoms with van der Waals surface area (Å²) in [6.45, 7) is 2.89. The molecule has 19 heavy (non-hydrogen) atoms. The zero-order valence-corrected chi connectivity index (χ0v) is 11.0. The van der Waals surface area contributed by atoms with E-state index in [0.29, 0.717) is 19.0 Å². The minimum absolute atomic E-state index is 0.0187. The summed E-state index contributed by atoms with van der Waals surface area (Å²) >= 11 is 0. The van der Waals surface area contributed by atoms with Crippen LogP contribution < -0.4 is 10.5 Å². The van der Waals surface area contributed by atoms with Gasteiger partial charge in [0.15, 0.2) is 0 Å². The van der Waals surface area contributed by atoms with E-state index in [9.17, 15) is 0 Å². The molecule has 102 valence electrons. The Labute approximate surface area is 112 Å². The van der Waals surface area contributed by atoms with Crippen LogP contribution in [0, 0.1) is 0 Å². The summed E-state index contributed by atoms with van der Waals surface area (Å²) < 4.78 is 7.34. The van der Waals surface area contributed by atoms with Crippen molar-refractivity contribution in [1.82, 2.24) is 9.78 Å². The molecule has 5 nitrogen and oxygen atoms in total. The lowest BCUT2D eigenvalue weighted by molar-refractivity contribution is 0.266. The summed E-state index contributed by atoms with van der Waals surface area (Å²) in [5.41, 5.74) is 7.72. The molecule has 0 saturated heterocycles. The third kappa shape index (κ3) is 3.26. The molecule has 0 saturated carbocycles. The molecule has 0 unspecified atom stereocenters. The quantitative estimate of drug-likeness (QED) is 0.828. The predicted octanol–water partition coefficient (Wildman–Crippen LogP) is 1.60. The van der Waals surface area contributed by atoms with Crippen LogP contribution in [0.1, 0.15) is 18.2 Å². The van der Waals surface area contributed by atoms with E-state index in [2.05, 4.69) is 12.0 Å². The third-order valence-corrected chi connectivity index (χ3v) is 2.90. The second-order valence-corrected chi connectivity index (χ2v) is 4.26. The van der Waals surface area contributed by atoms with Gasteiger partial charge in [-0.25, -0.2) is 4.68 Å². The van der Waals surface area contributed by atoms with Gasteiger partial charge < -0.3 is 15.6 Å². The van der Waals surface area contributed by atoms with Gasteiger partial charge in [-0.05, 0) is 18.1 Å². The Morgan fingerprint density at radius 1 is 1.37 bits per heavy atom. The molecule has 0 aliphatic heterocycles. The largest absolute Gasteiger partial charge is 0.487 e. The summed E-state index contributed by atoms with van der Waals surface area (Å²) in [6, 6.07) is 9.72. The highest BCUT2D eigenvalue weighted by molar-refractivity contribution is 5.34. The van der Waals surface area contributed by atoms with E-state index in [0.717, 1.165) is 17.9 Å². The number of aliphatic hydroxyl groups is 1. The minimum Gasteiger partial charge on any atom is -0.487 e. The third-order valence-electron chi connectivity index (χ3n) is 2.90. The van der Waals surface area contributed by atoms with Gasteiger partial charge >= 0.3 is 0 Å². The van der Waals surface area contributed by atoms with Crippen LogP contribution in [-0.2, 0) is 19.6 Å². The summed E-state index contributed by atoms with van der Waals surface area (Å²) in [5, 5.41) is 13.2. The number of aliphatic hydroxyl groups excluding tert-OH is 1. The maximum Gasteiger partial charge on any atom is 0.132 e. The van der Waals surface area contributed by atoms with Crippen molar-refractivity contribution in [3.05, 3.63) is 41.6 Å². The Morgan fingerprint density at radius 3 is 2.89 bits per heavy atom. The van der Waals surface area contributed by atoms with Crippen LogP contribution in [-0.4, -0.2) is 21.5 Å². The van der Waals surface area contributed by atoms with E-state index >= 15 is 0 Å². The van der Waals surface area contributed by atoms with Gasteiger partial charge in [0.05, 0.1) is 13.2 Å². The van der Waals surface area contributed by atoms with Gasteiger partial charge in [-0.2, -0.15) is 5.10 Å². The number of anilines is 1. The molecule has 0 fully saturated rings. The van der Waals surface area contributed by atoms with Crippen molar-refractivity contribution in [3.63, 3.8) is 0 Å². The molecule has 3 N–H and O–H groups in total. The number of rotatable bonds is 6. The van der Waals surface area contributed by atoms with Gasteiger partial charge in [-0.3, -0.25) is 0 Å². The SMILES string of the molecule is CCc1ccccc1OCc1cc(N)n(CCO)n1. The number of ether oxygens (including phenoxy) is 1. The Balaban J connectivity index is 2.04. The number of hydrogen-bond donors (Lipinski definition) is 2. The fourth-order valence-electron chi connectivity index (χ4n) is 1.92. The molecule has 0 aliphatic rings. The standard InChI is InChI=1S/C14H19N3O2/c1-2-11-5-3-4-6-13(11)19-10-12-9-14(15)17(16-12)7-8-18/h3-6,9,18H,2,7-8,10,15H2,1H3. The Hall–Kier alpha value is -2.01. The Bertz CT molecular complexity index is 537. The molecular formula is C14H19N3O2. The number of nitrogens with zero attached hydrogens (tertiary/aromatic N) is 2. The van der Waals surface area contributed by atoms with Crippen LogP contribution in [0.3, 0.4) is 0 Å². The minimum atomic E-state index is 0.0187. The van der Waals surface area contributed by atoms with Crippen molar-refractivity contribution in [2.45, 2.75) is 26.5 Å². The molecule has 5 heteroatoms. The molecule has 0 radical (unpaired) electrons. The number of hydrogen-bond acceptors (Lipinski definition) is 4. The summed E-state index contributed by atoms with van der Waals surface area (Å²) in [6.07, 6.45) is 0.928. The van der Waals surface area contributed by atoms with Crippen LogP contribution >= 0.6 is 0 Å². The molecule has 1 heterocycles. The lowest BCUT2D eigenvalue weighted by Gasteiger charge is -2.08. The smallest absolute Gasteiger partial charge is 0.132 e. The summed E-state index contributed by atoms with van der Waals surface area (Å²) in [4.78, 5) is 0. The first-order valence-corrected chi connectivity index (χ1v) is 6.38. The second kappa shape index (κ2) is 6.24. The van der Waals surface area contributed by atoms with Crippen molar-refractivity contribution in [3.8, 4) is 5.75 Å². The number of nitrogen functional groups attached to an aromatic ring is 1. The van der Waals surface area contributed by atoms with Gasteiger partial charge in [0, 0.05) is 6.07 Å². The first-order valence-electron chi connectivity index (χ1n) is 6.38. The average Bonchev–Trinajstić information content (AvgIpc) is 2.78. The zero-order chi connectivity index (χ0) is 13.7. The van der Waals surface area contributed by atoms with Crippen molar-refractivity contribution < 1.29 is 9.84 Å². The van der Waals surface area contributed by atoms with Crippen LogP contribution in [0.15, 0.2) is 30.3 Å². The molecule has 2 rings (SSSR count). The van der Waals surface area contributed by atoms with Crippen LogP contribution in [0.4, 0.5) is 5.82 Å². The molecule has 1 aromatic heterocycles. The highest BCUT2D eigenvalue weighted by Crippen LogP contribution is 2.19. The average molecular weight is 261 g/mol. The lowest BCUT2D eigenvalue weighted by Crippen LogP contribution is -2.08. The molecule has 2 aromatic rings. The maximum absolute atomic E-state index is 8.88. The first kappa shape index (κ1) is 13.4. The number of para-hydroxylation sites is 1. The molecule has 0 aliphatic carbocycles. The van der Waals surface area contributed by atoms with Crippen molar-refractivity contribution >= 4 is 5.82 Å². The predicted molar refractivity (Wildman–Crippen MR) is 73.9 cm³/mol. The van der Waals surface area contributed by atoms with Crippen LogP contribution in [0.25, 0.3) is 0 Å². The van der Waals surface area contributed by atoms with E-state index in [1.54, 1.807) is 10.7 Å². The molecule has 0 spiro atoms.